The molecule has 5 nitrogen and oxygen atoms in total. The lowest BCUT2D eigenvalue weighted by atomic mass is 10.1. The number of hydrogen-bond acceptors (Lipinski definition) is 5. The van der Waals surface area contributed by atoms with E-state index in [1.54, 1.807) is 6.07 Å². The van der Waals surface area contributed by atoms with Gasteiger partial charge in [-0.15, -0.1) is 21.5 Å². The number of halogens is 1. The van der Waals surface area contributed by atoms with Crippen LogP contribution in [0.15, 0.2) is 43.3 Å². The molecule has 0 unspecified atom stereocenters. The number of rotatable bonds is 1. The van der Waals surface area contributed by atoms with Crippen molar-refractivity contribution < 1.29 is 4.42 Å². The van der Waals surface area contributed by atoms with E-state index in [4.69, 9.17) is 4.42 Å². The predicted molar refractivity (Wildman–Crippen MR) is 84.8 cm³/mol. The van der Waals surface area contributed by atoms with E-state index in [2.05, 4.69) is 26.1 Å². The van der Waals surface area contributed by atoms with Crippen LogP contribution < -0.4 is 5.63 Å². The van der Waals surface area contributed by atoms with E-state index < -0.39 is 0 Å². The van der Waals surface area contributed by atoms with E-state index in [1.807, 2.05) is 34.9 Å². The highest BCUT2D eigenvalue weighted by Gasteiger charge is 2.15. The van der Waals surface area contributed by atoms with Gasteiger partial charge in [0.1, 0.15) is 11.4 Å². The molecule has 7 heteroatoms. The molecule has 104 valence electrons. The highest BCUT2D eigenvalue weighted by atomic mass is 79.9. The Hall–Kier alpha value is -1.99. The van der Waals surface area contributed by atoms with Gasteiger partial charge in [0.15, 0.2) is 0 Å². The summed E-state index contributed by atoms with van der Waals surface area (Å²) in [6, 6.07) is 7.38. The largest absolute Gasteiger partial charge is 0.422 e. The molecule has 4 rings (SSSR count). The Morgan fingerprint density at radius 2 is 2.14 bits per heavy atom. The molecule has 3 heterocycles. The van der Waals surface area contributed by atoms with Crippen LogP contribution in [0.2, 0.25) is 0 Å². The van der Waals surface area contributed by atoms with Crippen molar-refractivity contribution in [1.29, 1.82) is 0 Å². The lowest BCUT2D eigenvalue weighted by molar-refractivity contribution is 0.563. The topological polar surface area (TPSA) is 60.4 Å². The Kier molecular flexibility index (Phi) is 2.73. The van der Waals surface area contributed by atoms with Crippen molar-refractivity contribution in [2.24, 2.45) is 0 Å². The van der Waals surface area contributed by atoms with Crippen LogP contribution in [0.25, 0.3) is 27.2 Å². The average Bonchev–Trinajstić information content (AvgIpc) is 3.02. The van der Waals surface area contributed by atoms with Crippen molar-refractivity contribution in [2.75, 3.05) is 0 Å². The van der Waals surface area contributed by atoms with Gasteiger partial charge in [-0.3, -0.25) is 4.40 Å². The first-order valence-electron chi connectivity index (χ1n) is 6.16. The van der Waals surface area contributed by atoms with E-state index in [0.29, 0.717) is 11.1 Å². The third-order valence-corrected chi connectivity index (χ3v) is 4.59. The summed E-state index contributed by atoms with van der Waals surface area (Å²) >= 11 is 4.87. The van der Waals surface area contributed by atoms with Gasteiger partial charge in [-0.25, -0.2) is 4.79 Å². The fourth-order valence-corrected chi connectivity index (χ4v) is 3.57. The molecule has 0 N–H and O–H groups in total. The van der Waals surface area contributed by atoms with Crippen molar-refractivity contribution in [3.05, 3.63) is 50.4 Å². The zero-order valence-corrected chi connectivity index (χ0v) is 13.2. The molecule has 0 amide bonds. The molecule has 0 atom stereocenters. The minimum Gasteiger partial charge on any atom is -0.422 e. The fraction of sp³-hybridized carbons (Fsp3) is 0.0714. The van der Waals surface area contributed by atoms with E-state index in [0.717, 1.165) is 26.3 Å². The van der Waals surface area contributed by atoms with Crippen LogP contribution in [-0.2, 0) is 0 Å². The Labute approximate surface area is 131 Å². The fourth-order valence-electron chi connectivity index (χ4n) is 2.31. The Bertz CT molecular complexity index is 1050. The summed E-state index contributed by atoms with van der Waals surface area (Å²) in [5.74, 6) is 0.745. The van der Waals surface area contributed by atoms with Crippen LogP contribution in [0.4, 0.5) is 0 Å². The standard InChI is InChI=1S/C14H8BrN3O2S/c1-7-16-17-14-18(7)11(6-21-14)10-5-8-4-9(15)2-3-12(8)20-13(10)19/h2-6H,1H3. The molecule has 0 saturated heterocycles. The Balaban J connectivity index is 2.07. The minimum atomic E-state index is -0.363. The first kappa shape index (κ1) is 12.7. The average molecular weight is 362 g/mol. The van der Waals surface area contributed by atoms with Crippen LogP contribution in [0.5, 0.6) is 0 Å². The summed E-state index contributed by atoms with van der Waals surface area (Å²) in [6.45, 7) is 1.86. The molecule has 0 bridgehead atoms. The zero-order valence-electron chi connectivity index (χ0n) is 10.8. The quantitative estimate of drug-likeness (QED) is 0.485. The van der Waals surface area contributed by atoms with Gasteiger partial charge in [-0.2, -0.15) is 0 Å². The molecular weight excluding hydrogens is 354 g/mol. The maximum absolute atomic E-state index is 12.3. The summed E-state index contributed by atoms with van der Waals surface area (Å²) < 4.78 is 8.21. The molecular formula is C14H8BrN3O2S. The molecule has 0 radical (unpaired) electrons. The number of aryl methyl sites for hydroxylation is 1. The number of thiazole rings is 1. The van der Waals surface area contributed by atoms with Gasteiger partial charge in [-0.05, 0) is 31.2 Å². The number of aromatic nitrogens is 3. The normalized spacial score (nSPS) is 11.5. The van der Waals surface area contributed by atoms with Gasteiger partial charge in [0.25, 0.3) is 0 Å². The van der Waals surface area contributed by atoms with Crippen LogP contribution in [0.3, 0.4) is 0 Å². The molecule has 0 spiro atoms. The van der Waals surface area contributed by atoms with Crippen molar-refractivity contribution in [2.45, 2.75) is 6.92 Å². The summed E-state index contributed by atoms with van der Waals surface area (Å²) in [7, 11) is 0. The summed E-state index contributed by atoms with van der Waals surface area (Å²) in [5, 5.41) is 10.9. The number of fused-ring (bicyclic) bond motifs is 2. The minimum absolute atomic E-state index is 0.363. The highest BCUT2D eigenvalue weighted by molar-refractivity contribution is 9.10. The lowest BCUT2D eigenvalue weighted by Crippen LogP contribution is -2.04. The summed E-state index contributed by atoms with van der Waals surface area (Å²) in [4.78, 5) is 13.0. The van der Waals surface area contributed by atoms with Gasteiger partial charge in [0.05, 0.1) is 11.3 Å². The first-order chi connectivity index (χ1) is 10.1. The van der Waals surface area contributed by atoms with Gasteiger partial charge in [0.2, 0.25) is 4.96 Å². The Morgan fingerprint density at radius 3 is 3.00 bits per heavy atom. The van der Waals surface area contributed by atoms with Crippen LogP contribution in [0, 0.1) is 6.92 Å². The van der Waals surface area contributed by atoms with E-state index in [1.165, 1.54) is 11.3 Å². The first-order valence-corrected chi connectivity index (χ1v) is 7.84. The Morgan fingerprint density at radius 1 is 1.29 bits per heavy atom. The van der Waals surface area contributed by atoms with E-state index >= 15 is 0 Å². The molecule has 21 heavy (non-hydrogen) atoms. The van der Waals surface area contributed by atoms with Crippen LogP contribution in [-0.4, -0.2) is 14.6 Å². The van der Waals surface area contributed by atoms with Gasteiger partial charge in [0, 0.05) is 15.2 Å². The third kappa shape index (κ3) is 1.92. The van der Waals surface area contributed by atoms with Crippen molar-refractivity contribution >= 4 is 43.2 Å². The summed E-state index contributed by atoms with van der Waals surface area (Å²) in [6.07, 6.45) is 0. The smallest absolute Gasteiger partial charge is 0.345 e. The predicted octanol–water partition coefficient (Wildman–Crippen LogP) is 3.64. The summed E-state index contributed by atoms with van der Waals surface area (Å²) in [5.41, 5.74) is 1.47. The molecule has 4 aromatic rings. The third-order valence-electron chi connectivity index (χ3n) is 3.28. The second-order valence-electron chi connectivity index (χ2n) is 4.62. The molecule has 0 saturated carbocycles. The highest BCUT2D eigenvalue weighted by Crippen LogP contribution is 2.27. The van der Waals surface area contributed by atoms with Crippen molar-refractivity contribution in [1.82, 2.24) is 14.6 Å². The molecule has 0 fully saturated rings. The molecule has 0 aliphatic heterocycles. The molecule has 3 aromatic heterocycles. The maximum Gasteiger partial charge on any atom is 0.345 e. The number of benzene rings is 1. The van der Waals surface area contributed by atoms with Gasteiger partial charge < -0.3 is 4.42 Å². The van der Waals surface area contributed by atoms with E-state index in [9.17, 15) is 4.79 Å². The van der Waals surface area contributed by atoms with Gasteiger partial charge >= 0.3 is 5.63 Å². The van der Waals surface area contributed by atoms with Crippen LogP contribution in [0.1, 0.15) is 5.82 Å². The SMILES string of the molecule is Cc1nnc2scc(-c3cc4cc(Br)ccc4oc3=O)n12. The molecule has 0 aliphatic rings. The van der Waals surface area contributed by atoms with E-state index in [-0.39, 0.29) is 5.63 Å². The zero-order chi connectivity index (χ0) is 14.6. The molecule has 0 aliphatic carbocycles. The number of nitrogens with zero attached hydrogens (tertiary/aromatic N) is 3. The molecule has 1 aromatic carbocycles. The van der Waals surface area contributed by atoms with Crippen molar-refractivity contribution in [3.8, 4) is 11.3 Å². The van der Waals surface area contributed by atoms with Crippen LogP contribution >= 0.6 is 27.3 Å². The second-order valence-corrected chi connectivity index (χ2v) is 6.37. The monoisotopic (exact) mass is 361 g/mol. The number of hydrogen-bond donors (Lipinski definition) is 0. The van der Waals surface area contributed by atoms with Crippen molar-refractivity contribution in [3.63, 3.8) is 0 Å². The van der Waals surface area contributed by atoms with Gasteiger partial charge in [-0.1, -0.05) is 15.9 Å². The lowest BCUT2D eigenvalue weighted by Gasteiger charge is -2.02. The maximum atomic E-state index is 12.3. The second kappa shape index (κ2) is 4.51.